The van der Waals surface area contributed by atoms with Gasteiger partial charge in [0.15, 0.2) is 0 Å². The number of aromatic amines is 1. The molecule has 2 heterocycles. The summed E-state index contributed by atoms with van der Waals surface area (Å²) in [5.74, 6) is -0.314. The van der Waals surface area contributed by atoms with E-state index in [9.17, 15) is 18.3 Å². The zero-order valence-electron chi connectivity index (χ0n) is 15.1. The molecular formula is C19H20FN3O4S. The maximum atomic E-state index is 13.4. The minimum absolute atomic E-state index is 0.0373. The zero-order chi connectivity index (χ0) is 20.1. The van der Waals surface area contributed by atoms with Crippen LogP contribution >= 0.6 is 10.8 Å². The Balaban J connectivity index is 1.69. The van der Waals surface area contributed by atoms with Gasteiger partial charge in [0.05, 0.1) is 17.5 Å². The van der Waals surface area contributed by atoms with Gasteiger partial charge < -0.3 is 15.5 Å². The lowest BCUT2D eigenvalue weighted by Crippen LogP contribution is -2.29. The van der Waals surface area contributed by atoms with Gasteiger partial charge in [-0.05, 0) is 48.4 Å². The summed E-state index contributed by atoms with van der Waals surface area (Å²) in [5, 5.41) is 0.880. The molecule has 28 heavy (non-hydrogen) atoms. The summed E-state index contributed by atoms with van der Waals surface area (Å²) in [4.78, 5) is 14.3. The molecule has 0 saturated carbocycles. The van der Waals surface area contributed by atoms with Crippen LogP contribution in [0, 0.1) is 5.82 Å². The second-order valence-electron chi connectivity index (χ2n) is 6.65. The monoisotopic (exact) mass is 405 g/mol. The van der Waals surface area contributed by atoms with Gasteiger partial charge in [0, 0.05) is 22.7 Å². The lowest BCUT2D eigenvalue weighted by Gasteiger charge is -2.38. The van der Waals surface area contributed by atoms with Crippen LogP contribution in [0.2, 0.25) is 0 Å². The van der Waals surface area contributed by atoms with Gasteiger partial charge in [-0.2, -0.15) is 4.31 Å². The normalized spacial score (nSPS) is 19.5. The van der Waals surface area contributed by atoms with Gasteiger partial charge in [-0.25, -0.2) is 9.18 Å². The maximum absolute atomic E-state index is 13.4. The van der Waals surface area contributed by atoms with Crippen LogP contribution in [0.5, 0.6) is 0 Å². The second kappa shape index (κ2) is 6.78. The van der Waals surface area contributed by atoms with Gasteiger partial charge in [-0.1, -0.05) is 6.07 Å². The first kappa shape index (κ1) is 18.8. The Bertz CT molecular complexity index is 1070. The molecule has 1 aliphatic rings. The van der Waals surface area contributed by atoms with Gasteiger partial charge in [-0.3, -0.25) is 9.11 Å². The first-order chi connectivity index (χ1) is 13.3. The van der Waals surface area contributed by atoms with E-state index in [-0.39, 0.29) is 25.0 Å². The Labute approximate surface area is 162 Å². The van der Waals surface area contributed by atoms with Crippen LogP contribution in [0.3, 0.4) is 0 Å². The number of nitrogens with one attached hydrogen (secondary N) is 1. The quantitative estimate of drug-likeness (QED) is 0.512. The highest BCUT2D eigenvalue weighted by molar-refractivity contribution is 8.22. The Morgan fingerprint density at radius 2 is 2.11 bits per heavy atom. The summed E-state index contributed by atoms with van der Waals surface area (Å²) in [6.45, 7) is 1.96. The molecular weight excluding hydrogens is 385 g/mol. The number of rotatable bonds is 4. The van der Waals surface area contributed by atoms with Crippen LogP contribution in [0.4, 0.5) is 9.18 Å². The number of halogens is 1. The Morgan fingerprint density at radius 3 is 2.86 bits per heavy atom. The highest BCUT2D eigenvalue weighted by atomic mass is 32.3. The van der Waals surface area contributed by atoms with Gasteiger partial charge in [0.25, 0.3) is 0 Å². The average molecular weight is 405 g/mol. The molecule has 5 N–H and O–H groups in total. The van der Waals surface area contributed by atoms with Crippen LogP contribution in [0.1, 0.15) is 18.5 Å². The smallest absolute Gasteiger partial charge is 0.404 e. The van der Waals surface area contributed by atoms with Crippen molar-refractivity contribution in [2.75, 3.05) is 13.2 Å². The lowest BCUT2D eigenvalue weighted by molar-refractivity contribution is 0.144. The standard InChI is InChI=1S/C19H20FN3O4S/c1-11-15-8-12(16-10-22-17-9-13(20)3-4-14(16)17)2-5-18(15)28(25,26)23(11)6-7-27-19(21)24/h2-5,8-11,22,25-26H,6-7H2,1H3,(H2,21,24). The minimum atomic E-state index is -3.18. The molecule has 148 valence electrons. The first-order valence-corrected chi connectivity index (χ1v) is 10.2. The predicted molar refractivity (Wildman–Crippen MR) is 105 cm³/mol. The number of H-pyrrole nitrogens is 1. The maximum Gasteiger partial charge on any atom is 0.404 e. The molecule has 0 aliphatic carbocycles. The fourth-order valence-electron chi connectivity index (χ4n) is 3.69. The van der Waals surface area contributed by atoms with Crippen molar-refractivity contribution in [1.82, 2.24) is 9.29 Å². The summed E-state index contributed by atoms with van der Waals surface area (Å²) < 4.78 is 41.1. The molecule has 3 aromatic rings. The van der Waals surface area contributed by atoms with Crippen molar-refractivity contribution in [3.05, 3.63) is 54.0 Å². The van der Waals surface area contributed by atoms with Crippen molar-refractivity contribution in [3.63, 3.8) is 0 Å². The molecule has 0 radical (unpaired) electrons. The Kier molecular flexibility index (Phi) is 4.54. The molecule has 0 spiro atoms. The van der Waals surface area contributed by atoms with Crippen LogP contribution < -0.4 is 5.73 Å². The van der Waals surface area contributed by atoms with Crippen LogP contribution in [-0.2, 0) is 4.74 Å². The van der Waals surface area contributed by atoms with E-state index in [2.05, 4.69) is 4.98 Å². The molecule has 4 rings (SSSR count). The number of amides is 1. The van der Waals surface area contributed by atoms with Crippen molar-refractivity contribution < 1.29 is 23.0 Å². The first-order valence-electron chi connectivity index (χ1n) is 8.67. The largest absolute Gasteiger partial charge is 0.448 e. The van der Waals surface area contributed by atoms with E-state index in [1.165, 1.54) is 16.4 Å². The Morgan fingerprint density at radius 1 is 1.32 bits per heavy atom. The van der Waals surface area contributed by atoms with Crippen molar-refractivity contribution in [2.24, 2.45) is 5.73 Å². The summed E-state index contributed by atoms with van der Waals surface area (Å²) in [6.07, 6.45) is 0.904. The number of ether oxygens (including phenoxy) is 1. The number of hydrogen-bond acceptors (Lipinski definition) is 5. The number of carbonyl (C=O) groups excluding carboxylic acids is 1. The molecule has 0 fully saturated rings. The van der Waals surface area contributed by atoms with E-state index in [1.807, 2.05) is 25.3 Å². The third-order valence-corrected chi connectivity index (χ3v) is 7.14. The summed E-state index contributed by atoms with van der Waals surface area (Å²) in [7, 11) is -3.18. The number of nitrogens with zero attached hydrogens (tertiary/aromatic N) is 1. The van der Waals surface area contributed by atoms with E-state index in [0.29, 0.717) is 10.4 Å². The SMILES string of the molecule is CC1c2cc(-c3c[nH]c4cc(F)ccc34)ccc2S(O)(O)N1CCOC(N)=O. The number of carbonyl (C=O) groups is 1. The number of aromatic nitrogens is 1. The summed E-state index contributed by atoms with van der Waals surface area (Å²) in [5.41, 5.74) is 8.23. The molecule has 1 atom stereocenters. The second-order valence-corrected chi connectivity index (χ2v) is 8.59. The molecule has 1 aliphatic heterocycles. The van der Waals surface area contributed by atoms with Gasteiger partial charge in [0.1, 0.15) is 12.4 Å². The molecule has 9 heteroatoms. The summed E-state index contributed by atoms with van der Waals surface area (Å²) >= 11 is 0. The van der Waals surface area contributed by atoms with Crippen molar-refractivity contribution >= 4 is 27.8 Å². The summed E-state index contributed by atoms with van der Waals surface area (Å²) in [6, 6.07) is 9.70. The average Bonchev–Trinajstić information content (AvgIpc) is 3.13. The molecule has 1 amide bonds. The van der Waals surface area contributed by atoms with Crippen LogP contribution in [-0.4, -0.2) is 37.6 Å². The fourth-order valence-corrected chi connectivity index (χ4v) is 5.62. The minimum Gasteiger partial charge on any atom is -0.448 e. The molecule has 0 bridgehead atoms. The van der Waals surface area contributed by atoms with E-state index < -0.39 is 16.9 Å². The molecule has 1 unspecified atom stereocenters. The van der Waals surface area contributed by atoms with E-state index in [0.717, 1.165) is 22.1 Å². The highest BCUT2D eigenvalue weighted by Crippen LogP contribution is 2.63. The third kappa shape index (κ3) is 3.02. The Hall–Kier alpha value is -2.59. The van der Waals surface area contributed by atoms with Crippen molar-refractivity contribution in [1.29, 1.82) is 0 Å². The van der Waals surface area contributed by atoms with Crippen LogP contribution in [0.25, 0.3) is 22.0 Å². The number of benzene rings is 2. The number of nitrogens with two attached hydrogens (primary N) is 1. The number of hydrogen-bond donors (Lipinski definition) is 4. The molecule has 2 aromatic carbocycles. The number of primary amides is 1. The van der Waals surface area contributed by atoms with Crippen molar-refractivity contribution in [3.8, 4) is 11.1 Å². The van der Waals surface area contributed by atoms with E-state index >= 15 is 0 Å². The fraction of sp³-hybridized carbons (Fsp3) is 0.211. The third-order valence-electron chi connectivity index (χ3n) is 5.02. The number of fused-ring (bicyclic) bond motifs is 2. The molecule has 7 nitrogen and oxygen atoms in total. The van der Waals surface area contributed by atoms with E-state index in [1.54, 1.807) is 12.1 Å². The molecule has 1 aromatic heterocycles. The van der Waals surface area contributed by atoms with E-state index in [4.69, 9.17) is 10.5 Å². The van der Waals surface area contributed by atoms with Gasteiger partial charge in [0.2, 0.25) is 0 Å². The van der Waals surface area contributed by atoms with Gasteiger partial charge >= 0.3 is 6.09 Å². The van der Waals surface area contributed by atoms with Crippen molar-refractivity contribution in [2.45, 2.75) is 17.9 Å². The topological polar surface area (TPSA) is 112 Å². The zero-order valence-corrected chi connectivity index (χ0v) is 15.9. The van der Waals surface area contributed by atoms with Gasteiger partial charge in [-0.15, -0.1) is 10.8 Å². The lowest BCUT2D eigenvalue weighted by atomic mass is 9.99. The highest BCUT2D eigenvalue weighted by Gasteiger charge is 2.40. The van der Waals surface area contributed by atoms with Crippen LogP contribution in [0.15, 0.2) is 47.5 Å². The predicted octanol–water partition coefficient (Wildman–Crippen LogP) is 4.47. The molecule has 0 saturated heterocycles.